The molecule has 1 aromatic carbocycles. The highest BCUT2D eigenvalue weighted by Crippen LogP contribution is 2.46. The third-order valence-electron chi connectivity index (χ3n) is 4.61. The minimum atomic E-state index is -0.609. The number of rotatable bonds is 2. The molecule has 2 fully saturated rings. The number of hydrogen-bond acceptors (Lipinski definition) is 6. The fourth-order valence-electron chi connectivity index (χ4n) is 3.24. The average Bonchev–Trinajstić information content (AvgIpc) is 3.24. The van der Waals surface area contributed by atoms with E-state index in [2.05, 4.69) is 4.90 Å². The van der Waals surface area contributed by atoms with Gasteiger partial charge in [-0.25, -0.2) is 4.79 Å². The van der Waals surface area contributed by atoms with E-state index in [0.29, 0.717) is 19.6 Å². The summed E-state index contributed by atoms with van der Waals surface area (Å²) in [7, 11) is 0. The number of phenols is 1. The monoisotopic (exact) mass is 349 g/mol. The van der Waals surface area contributed by atoms with E-state index < -0.39 is 10.5 Å². The van der Waals surface area contributed by atoms with E-state index in [4.69, 9.17) is 4.74 Å². The van der Waals surface area contributed by atoms with Crippen LogP contribution in [-0.4, -0.2) is 51.8 Å². The third-order valence-corrected chi connectivity index (χ3v) is 4.61. The van der Waals surface area contributed by atoms with Gasteiger partial charge in [0.05, 0.1) is 10.5 Å². The molecule has 0 unspecified atom stereocenters. The van der Waals surface area contributed by atoms with Crippen LogP contribution in [0.25, 0.3) is 0 Å². The molecule has 1 saturated carbocycles. The molecule has 1 N–H and O–H groups in total. The molecule has 25 heavy (non-hydrogen) atoms. The third kappa shape index (κ3) is 3.47. The number of carbonyl (C=O) groups excluding carboxylic acids is 1. The van der Waals surface area contributed by atoms with Crippen molar-refractivity contribution in [2.24, 2.45) is 0 Å². The minimum absolute atomic E-state index is 0.238. The first-order chi connectivity index (χ1) is 11.6. The second-order valence-corrected chi connectivity index (χ2v) is 7.71. The first-order valence-electron chi connectivity index (χ1n) is 8.34. The van der Waals surface area contributed by atoms with E-state index in [9.17, 15) is 20.0 Å². The molecule has 1 spiro atoms. The van der Waals surface area contributed by atoms with Crippen molar-refractivity contribution in [3.8, 4) is 5.75 Å². The van der Waals surface area contributed by atoms with Crippen LogP contribution >= 0.6 is 0 Å². The van der Waals surface area contributed by atoms with Crippen LogP contribution in [0.5, 0.6) is 5.75 Å². The molecule has 1 amide bonds. The molecule has 1 saturated heterocycles. The SMILES string of the molecule is CC(C)(C)OC(=O)N1CCN(c2ccc([N+](=O)[O-])c(O)c2)CC12CC2. The largest absolute Gasteiger partial charge is 0.502 e. The van der Waals surface area contributed by atoms with Crippen molar-refractivity contribution >= 4 is 17.5 Å². The maximum atomic E-state index is 12.5. The Hall–Kier alpha value is -2.51. The van der Waals surface area contributed by atoms with Crippen molar-refractivity contribution in [2.75, 3.05) is 24.5 Å². The summed E-state index contributed by atoms with van der Waals surface area (Å²) in [5.41, 5.74) is -0.359. The van der Waals surface area contributed by atoms with E-state index >= 15 is 0 Å². The molecule has 136 valence electrons. The van der Waals surface area contributed by atoms with Crippen molar-refractivity contribution < 1.29 is 19.6 Å². The lowest BCUT2D eigenvalue weighted by Gasteiger charge is -2.43. The highest BCUT2D eigenvalue weighted by atomic mass is 16.6. The number of carbonyl (C=O) groups is 1. The van der Waals surface area contributed by atoms with Crippen LogP contribution in [-0.2, 0) is 4.74 Å². The van der Waals surface area contributed by atoms with Crippen molar-refractivity contribution in [1.29, 1.82) is 0 Å². The lowest BCUT2D eigenvalue weighted by molar-refractivity contribution is -0.385. The molecule has 0 aromatic heterocycles. The number of nitrogens with zero attached hydrogens (tertiary/aromatic N) is 3. The molecule has 1 aromatic rings. The van der Waals surface area contributed by atoms with E-state index in [1.807, 2.05) is 20.8 Å². The van der Waals surface area contributed by atoms with Crippen LogP contribution in [0.2, 0.25) is 0 Å². The number of nitro groups is 1. The Morgan fingerprint density at radius 2 is 2.00 bits per heavy atom. The molecule has 1 aliphatic carbocycles. The van der Waals surface area contributed by atoms with E-state index in [1.165, 1.54) is 12.1 Å². The van der Waals surface area contributed by atoms with Gasteiger partial charge in [0.15, 0.2) is 5.75 Å². The van der Waals surface area contributed by atoms with Gasteiger partial charge in [-0.2, -0.15) is 0 Å². The number of amides is 1. The zero-order valence-corrected chi connectivity index (χ0v) is 14.7. The van der Waals surface area contributed by atoms with Crippen LogP contribution in [0.3, 0.4) is 0 Å². The number of hydrogen-bond donors (Lipinski definition) is 1. The van der Waals surface area contributed by atoms with Gasteiger partial charge in [-0.1, -0.05) is 0 Å². The summed E-state index contributed by atoms with van der Waals surface area (Å²) >= 11 is 0. The molecule has 3 rings (SSSR count). The summed E-state index contributed by atoms with van der Waals surface area (Å²) < 4.78 is 5.51. The van der Waals surface area contributed by atoms with Gasteiger partial charge in [0.1, 0.15) is 5.60 Å². The first kappa shape index (κ1) is 17.3. The number of nitro benzene ring substituents is 1. The standard InChI is InChI=1S/C17H23N3O5/c1-16(2,3)25-15(22)19-9-8-18(11-17(19)6-7-17)12-4-5-13(20(23)24)14(21)10-12/h4-5,10,21H,6-9,11H2,1-3H3. The Labute approximate surface area is 146 Å². The number of piperazine rings is 1. The average molecular weight is 349 g/mol. The molecule has 8 heteroatoms. The summed E-state index contributed by atoms with van der Waals surface area (Å²) in [6.07, 6.45) is 1.51. The highest BCUT2D eigenvalue weighted by Gasteiger charge is 2.54. The lowest BCUT2D eigenvalue weighted by atomic mass is 10.1. The number of benzene rings is 1. The fourth-order valence-corrected chi connectivity index (χ4v) is 3.24. The molecule has 2 aliphatic rings. The predicted octanol–water partition coefficient (Wildman–Crippen LogP) is 2.89. The first-order valence-corrected chi connectivity index (χ1v) is 8.34. The minimum Gasteiger partial charge on any atom is -0.502 e. The van der Waals surface area contributed by atoms with Gasteiger partial charge in [-0.3, -0.25) is 15.0 Å². The number of phenolic OH excluding ortho intramolecular Hbond substituents is 1. The van der Waals surface area contributed by atoms with Gasteiger partial charge in [0.2, 0.25) is 0 Å². The van der Waals surface area contributed by atoms with E-state index in [0.717, 1.165) is 18.5 Å². The number of ether oxygens (including phenoxy) is 1. The normalized spacial score (nSPS) is 19.0. The maximum absolute atomic E-state index is 12.5. The summed E-state index contributed by atoms with van der Waals surface area (Å²) in [5.74, 6) is -0.345. The Balaban J connectivity index is 1.74. The summed E-state index contributed by atoms with van der Waals surface area (Å²) in [6, 6.07) is 4.36. The van der Waals surface area contributed by atoms with Crippen LogP contribution in [0.15, 0.2) is 18.2 Å². The van der Waals surface area contributed by atoms with Gasteiger partial charge < -0.3 is 14.7 Å². The van der Waals surface area contributed by atoms with Gasteiger partial charge in [-0.15, -0.1) is 0 Å². The van der Waals surface area contributed by atoms with Crippen LogP contribution in [0.1, 0.15) is 33.6 Å². The molecular formula is C17H23N3O5. The Morgan fingerprint density at radius 1 is 1.32 bits per heavy atom. The molecule has 0 atom stereocenters. The molecular weight excluding hydrogens is 326 g/mol. The van der Waals surface area contributed by atoms with E-state index in [1.54, 1.807) is 11.0 Å². The van der Waals surface area contributed by atoms with Crippen molar-refractivity contribution in [3.05, 3.63) is 28.3 Å². The van der Waals surface area contributed by atoms with Crippen molar-refractivity contribution in [2.45, 2.75) is 44.8 Å². The van der Waals surface area contributed by atoms with Crippen LogP contribution in [0, 0.1) is 10.1 Å². The van der Waals surface area contributed by atoms with Gasteiger partial charge in [0.25, 0.3) is 0 Å². The number of anilines is 1. The summed E-state index contributed by atoms with van der Waals surface area (Å²) in [6.45, 7) is 7.27. The van der Waals surface area contributed by atoms with Crippen molar-refractivity contribution in [1.82, 2.24) is 4.90 Å². The zero-order valence-electron chi connectivity index (χ0n) is 14.7. The molecule has 8 nitrogen and oxygen atoms in total. The number of aromatic hydroxyl groups is 1. The van der Waals surface area contributed by atoms with Crippen molar-refractivity contribution in [3.63, 3.8) is 0 Å². The molecule has 0 radical (unpaired) electrons. The van der Waals surface area contributed by atoms with Crippen LogP contribution in [0.4, 0.5) is 16.2 Å². The summed E-state index contributed by atoms with van der Waals surface area (Å²) in [5, 5.41) is 20.7. The predicted molar refractivity (Wildman–Crippen MR) is 91.9 cm³/mol. The zero-order chi connectivity index (χ0) is 18.4. The lowest BCUT2D eigenvalue weighted by Crippen LogP contribution is -2.58. The Kier molecular flexibility index (Phi) is 4.01. The molecule has 1 aliphatic heterocycles. The Bertz CT molecular complexity index is 709. The second kappa shape index (κ2) is 5.79. The highest BCUT2D eigenvalue weighted by molar-refractivity contribution is 5.71. The fraction of sp³-hybridized carbons (Fsp3) is 0.588. The smallest absolute Gasteiger partial charge is 0.410 e. The topological polar surface area (TPSA) is 96.2 Å². The van der Waals surface area contributed by atoms with Crippen LogP contribution < -0.4 is 4.90 Å². The quantitative estimate of drug-likeness (QED) is 0.651. The van der Waals surface area contributed by atoms with Gasteiger partial charge >= 0.3 is 11.8 Å². The molecule has 0 bridgehead atoms. The second-order valence-electron chi connectivity index (χ2n) is 7.71. The summed E-state index contributed by atoms with van der Waals surface area (Å²) in [4.78, 5) is 26.5. The van der Waals surface area contributed by atoms with Gasteiger partial charge in [-0.05, 0) is 39.7 Å². The van der Waals surface area contributed by atoms with E-state index in [-0.39, 0.29) is 23.1 Å². The molecule has 1 heterocycles. The maximum Gasteiger partial charge on any atom is 0.410 e. The Morgan fingerprint density at radius 3 is 2.52 bits per heavy atom. The van der Waals surface area contributed by atoms with Gasteiger partial charge in [0, 0.05) is 37.5 Å².